The third kappa shape index (κ3) is 2.91. The van der Waals surface area contributed by atoms with Crippen molar-refractivity contribution >= 4 is 0 Å². The van der Waals surface area contributed by atoms with Crippen LogP contribution in [0.5, 0.6) is 5.75 Å². The lowest BCUT2D eigenvalue weighted by Gasteiger charge is -2.08. The van der Waals surface area contributed by atoms with E-state index in [2.05, 4.69) is 10.3 Å². The van der Waals surface area contributed by atoms with Gasteiger partial charge in [-0.15, -0.1) is 5.10 Å². The summed E-state index contributed by atoms with van der Waals surface area (Å²) in [6.45, 7) is 0.466. The Morgan fingerprint density at radius 2 is 2.16 bits per heavy atom. The second-order valence-electron chi connectivity index (χ2n) is 4.08. The summed E-state index contributed by atoms with van der Waals surface area (Å²) >= 11 is 0. The van der Waals surface area contributed by atoms with Crippen molar-refractivity contribution in [3.8, 4) is 17.0 Å². The second kappa shape index (κ2) is 6.31. The van der Waals surface area contributed by atoms with Gasteiger partial charge in [-0.05, 0) is 18.6 Å². The summed E-state index contributed by atoms with van der Waals surface area (Å²) in [5, 5.41) is 26.2. The molecule has 2 N–H and O–H groups in total. The number of aromatic nitrogens is 3. The molecule has 102 valence electrons. The van der Waals surface area contributed by atoms with Crippen LogP contribution < -0.4 is 4.74 Å². The van der Waals surface area contributed by atoms with Crippen molar-refractivity contribution < 1.29 is 14.9 Å². The van der Waals surface area contributed by atoms with Crippen LogP contribution in [0.25, 0.3) is 11.3 Å². The van der Waals surface area contributed by atoms with Crippen LogP contribution in [0.1, 0.15) is 12.1 Å². The smallest absolute Gasteiger partial charge is 0.119 e. The molecule has 0 bridgehead atoms. The minimum atomic E-state index is -0.175. The molecule has 0 radical (unpaired) electrons. The van der Waals surface area contributed by atoms with Crippen molar-refractivity contribution in [3.63, 3.8) is 0 Å². The molecule has 0 aliphatic heterocycles. The lowest BCUT2D eigenvalue weighted by molar-refractivity contribution is 0.276. The largest absolute Gasteiger partial charge is 0.497 e. The van der Waals surface area contributed by atoms with E-state index in [4.69, 9.17) is 9.84 Å². The van der Waals surface area contributed by atoms with Crippen molar-refractivity contribution in [2.75, 3.05) is 13.7 Å². The van der Waals surface area contributed by atoms with Gasteiger partial charge in [-0.2, -0.15) is 0 Å². The zero-order valence-corrected chi connectivity index (χ0v) is 10.8. The fourth-order valence-corrected chi connectivity index (χ4v) is 1.92. The molecule has 6 heteroatoms. The van der Waals surface area contributed by atoms with Crippen LogP contribution in [-0.2, 0) is 13.2 Å². The quantitative estimate of drug-likeness (QED) is 0.806. The van der Waals surface area contributed by atoms with Crippen LogP contribution in [0.3, 0.4) is 0 Å². The molecule has 0 unspecified atom stereocenters. The highest BCUT2D eigenvalue weighted by atomic mass is 16.5. The van der Waals surface area contributed by atoms with E-state index in [0.29, 0.717) is 18.7 Å². The highest BCUT2D eigenvalue weighted by Gasteiger charge is 2.14. The number of hydrogen-bond acceptors (Lipinski definition) is 5. The molecule has 0 spiro atoms. The number of benzene rings is 1. The summed E-state index contributed by atoms with van der Waals surface area (Å²) in [6.07, 6.45) is 0.588. The number of aliphatic hydroxyl groups is 2. The molecule has 0 aliphatic carbocycles. The Balaban J connectivity index is 2.42. The molecule has 0 atom stereocenters. The lowest BCUT2D eigenvalue weighted by atomic mass is 10.1. The molecule has 6 nitrogen and oxygen atoms in total. The van der Waals surface area contributed by atoms with Crippen LogP contribution in [-0.4, -0.2) is 38.9 Å². The zero-order valence-electron chi connectivity index (χ0n) is 10.8. The first-order chi connectivity index (χ1) is 9.30. The standard InChI is InChI=1S/C13H17N3O3/c1-19-11-5-2-4-10(8-11)13-12(9-18)14-15-16(13)6-3-7-17/h2,4-5,8,17-18H,3,6-7,9H2,1H3. The van der Waals surface area contributed by atoms with Gasteiger partial charge >= 0.3 is 0 Å². The van der Waals surface area contributed by atoms with Crippen LogP contribution in [0, 0.1) is 0 Å². The van der Waals surface area contributed by atoms with E-state index in [1.165, 1.54) is 0 Å². The second-order valence-corrected chi connectivity index (χ2v) is 4.08. The molecule has 0 fully saturated rings. The van der Waals surface area contributed by atoms with Crippen molar-refractivity contribution in [1.29, 1.82) is 0 Å². The third-order valence-corrected chi connectivity index (χ3v) is 2.83. The molecule has 1 aromatic heterocycles. The Morgan fingerprint density at radius 3 is 2.84 bits per heavy atom. The van der Waals surface area contributed by atoms with Crippen LogP contribution in [0.4, 0.5) is 0 Å². The molecule has 0 aliphatic rings. The third-order valence-electron chi connectivity index (χ3n) is 2.83. The normalized spacial score (nSPS) is 10.7. The molecular formula is C13H17N3O3. The Morgan fingerprint density at radius 1 is 1.32 bits per heavy atom. The number of methoxy groups -OCH3 is 1. The van der Waals surface area contributed by atoms with Crippen molar-refractivity contribution in [1.82, 2.24) is 15.0 Å². The topological polar surface area (TPSA) is 80.4 Å². The molecule has 0 saturated heterocycles. The minimum absolute atomic E-state index is 0.0892. The number of nitrogens with zero attached hydrogens (tertiary/aromatic N) is 3. The average molecular weight is 263 g/mol. The predicted molar refractivity (Wildman–Crippen MR) is 69.6 cm³/mol. The van der Waals surface area contributed by atoms with Gasteiger partial charge in [-0.25, -0.2) is 4.68 Å². The van der Waals surface area contributed by atoms with E-state index in [9.17, 15) is 5.11 Å². The van der Waals surface area contributed by atoms with Gasteiger partial charge in [0.15, 0.2) is 0 Å². The van der Waals surface area contributed by atoms with Gasteiger partial charge in [0.25, 0.3) is 0 Å². The van der Waals surface area contributed by atoms with Crippen molar-refractivity contribution in [2.45, 2.75) is 19.6 Å². The number of aryl methyl sites for hydroxylation is 1. The molecule has 19 heavy (non-hydrogen) atoms. The minimum Gasteiger partial charge on any atom is -0.497 e. The van der Waals surface area contributed by atoms with Gasteiger partial charge in [-0.3, -0.25) is 0 Å². The van der Waals surface area contributed by atoms with Crippen LogP contribution in [0.15, 0.2) is 24.3 Å². The summed E-state index contributed by atoms with van der Waals surface area (Å²) in [7, 11) is 1.60. The monoisotopic (exact) mass is 263 g/mol. The van der Waals surface area contributed by atoms with Gasteiger partial charge in [0.1, 0.15) is 11.4 Å². The molecule has 2 aromatic rings. The highest BCUT2D eigenvalue weighted by Crippen LogP contribution is 2.26. The van der Waals surface area contributed by atoms with Gasteiger partial charge < -0.3 is 14.9 Å². The lowest BCUT2D eigenvalue weighted by Crippen LogP contribution is -2.05. The predicted octanol–water partition coefficient (Wildman–Crippen LogP) is 0.828. The van der Waals surface area contributed by atoms with E-state index in [1.54, 1.807) is 11.8 Å². The fraction of sp³-hybridized carbons (Fsp3) is 0.385. The first-order valence-corrected chi connectivity index (χ1v) is 6.08. The Bertz CT molecular complexity index is 540. The van der Waals surface area contributed by atoms with E-state index < -0.39 is 0 Å². The van der Waals surface area contributed by atoms with E-state index in [0.717, 1.165) is 17.0 Å². The van der Waals surface area contributed by atoms with Gasteiger partial charge in [-0.1, -0.05) is 17.3 Å². The summed E-state index contributed by atoms with van der Waals surface area (Å²) in [6, 6.07) is 7.51. The summed E-state index contributed by atoms with van der Waals surface area (Å²) in [5.41, 5.74) is 2.16. The maximum atomic E-state index is 9.35. The van der Waals surface area contributed by atoms with E-state index >= 15 is 0 Å². The molecule has 0 saturated carbocycles. The number of hydrogen-bond donors (Lipinski definition) is 2. The fourth-order valence-electron chi connectivity index (χ4n) is 1.92. The molecule has 1 heterocycles. The highest BCUT2D eigenvalue weighted by molar-refractivity contribution is 5.63. The van der Waals surface area contributed by atoms with Crippen molar-refractivity contribution in [2.24, 2.45) is 0 Å². The van der Waals surface area contributed by atoms with Gasteiger partial charge in [0.05, 0.1) is 19.4 Å². The molecule has 0 amide bonds. The Labute approximate surface area is 111 Å². The summed E-state index contributed by atoms with van der Waals surface area (Å²) in [5.74, 6) is 0.733. The summed E-state index contributed by atoms with van der Waals surface area (Å²) < 4.78 is 6.89. The Kier molecular flexibility index (Phi) is 4.48. The van der Waals surface area contributed by atoms with E-state index in [-0.39, 0.29) is 13.2 Å². The van der Waals surface area contributed by atoms with Gasteiger partial charge in [0, 0.05) is 18.7 Å². The van der Waals surface area contributed by atoms with E-state index in [1.807, 2.05) is 24.3 Å². The zero-order chi connectivity index (χ0) is 13.7. The molecule has 2 rings (SSSR count). The van der Waals surface area contributed by atoms with Crippen LogP contribution in [0.2, 0.25) is 0 Å². The summed E-state index contributed by atoms with van der Waals surface area (Å²) in [4.78, 5) is 0. The average Bonchev–Trinajstić information content (AvgIpc) is 2.88. The molecular weight excluding hydrogens is 246 g/mol. The first-order valence-electron chi connectivity index (χ1n) is 6.08. The number of rotatable bonds is 6. The maximum absolute atomic E-state index is 9.35. The molecule has 1 aromatic carbocycles. The van der Waals surface area contributed by atoms with Gasteiger partial charge in [0.2, 0.25) is 0 Å². The number of ether oxygens (including phenoxy) is 1. The maximum Gasteiger partial charge on any atom is 0.119 e. The van der Waals surface area contributed by atoms with Crippen molar-refractivity contribution in [3.05, 3.63) is 30.0 Å². The number of aliphatic hydroxyl groups excluding tert-OH is 2. The SMILES string of the molecule is COc1cccc(-c2c(CO)nnn2CCCO)c1. The van der Waals surface area contributed by atoms with Crippen LogP contribution >= 0.6 is 0 Å². The Hall–Kier alpha value is -1.92. The first kappa shape index (κ1) is 13.5.